The number of para-hydroxylation sites is 1. The molecule has 5 nitrogen and oxygen atoms in total. The zero-order chi connectivity index (χ0) is 14.4. The van der Waals surface area contributed by atoms with E-state index in [9.17, 15) is 4.79 Å². The number of thioether (sulfide) groups is 1. The van der Waals surface area contributed by atoms with E-state index in [0.29, 0.717) is 18.1 Å². The van der Waals surface area contributed by atoms with Crippen molar-refractivity contribution >= 4 is 28.5 Å². The molecule has 1 aromatic carbocycles. The molecule has 0 atom stereocenters. The van der Waals surface area contributed by atoms with Crippen molar-refractivity contribution in [2.75, 3.05) is 12.8 Å². The Morgan fingerprint density at radius 3 is 3.00 bits per heavy atom. The van der Waals surface area contributed by atoms with Crippen LogP contribution < -0.4 is 5.32 Å². The van der Waals surface area contributed by atoms with E-state index in [1.807, 2.05) is 41.6 Å². The summed E-state index contributed by atoms with van der Waals surface area (Å²) in [6.07, 6.45) is 5.29. The van der Waals surface area contributed by atoms with Crippen molar-refractivity contribution in [3.05, 3.63) is 29.8 Å². The first-order valence-electron chi connectivity index (χ1n) is 6.38. The van der Waals surface area contributed by atoms with Crippen molar-refractivity contribution in [3.63, 3.8) is 0 Å². The number of hydrogen-bond donors (Lipinski definition) is 1. The van der Waals surface area contributed by atoms with Gasteiger partial charge in [-0.3, -0.25) is 10.1 Å². The van der Waals surface area contributed by atoms with Crippen molar-refractivity contribution in [1.82, 2.24) is 10.2 Å². The lowest BCUT2D eigenvalue weighted by Gasteiger charge is -2.16. The van der Waals surface area contributed by atoms with Gasteiger partial charge in [0.25, 0.3) is 0 Å². The number of nitriles is 1. The standard InChI is InChI=1S/C14H16N4OS/c1-20-14(16-10-15)17-12-6-3-2-5-11(12)9-18-8-4-7-13(18)19/h2-3,5-6H,4,7-9H2,1H3,(H,16,17). The van der Waals surface area contributed by atoms with Crippen molar-refractivity contribution in [1.29, 1.82) is 5.26 Å². The predicted molar refractivity (Wildman–Crippen MR) is 80.5 cm³/mol. The zero-order valence-corrected chi connectivity index (χ0v) is 12.1. The minimum atomic E-state index is 0.198. The Balaban J connectivity index is 2.22. The summed E-state index contributed by atoms with van der Waals surface area (Å²) >= 11 is 1.38. The minimum Gasteiger partial charge on any atom is -0.338 e. The lowest BCUT2D eigenvalue weighted by Crippen LogP contribution is -2.23. The summed E-state index contributed by atoms with van der Waals surface area (Å²) in [7, 11) is 0. The molecule has 1 N–H and O–H groups in total. The van der Waals surface area contributed by atoms with Crippen molar-refractivity contribution < 1.29 is 4.79 Å². The van der Waals surface area contributed by atoms with Gasteiger partial charge in [0.15, 0.2) is 11.4 Å². The normalized spacial score (nSPS) is 15.3. The van der Waals surface area contributed by atoms with E-state index in [4.69, 9.17) is 5.26 Å². The van der Waals surface area contributed by atoms with Gasteiger partial charge in [-0.05, 0) is 24.3 Å². The summed E-state index contributed by atoms with van der Waals surface area (Å²) in [6.45, 7) is 1.38. The topological polar surface area (TPSA) is 68.5 Å². The summed E-state index contributed by atoms with van der Waals surface area (Å²) in [6, 6.07) is 7.70. The van der Waals surface area contributed by atoms with E-state index in [-0.39, 0.29) is 5.91 Å². The number of nitrogens with zero attached hydrogens (tertiary/aromatic N) is 3. The average Bonchev–Trinajstić information content (AvgIpc) is 2.86. The Labute approximate surface area is 122 Å². The predicted octanol–water partition coefficient (Wildman–Crippen LogP) is 2.23. The van der Waals surface area contributed by atoms with Crippen LogP contribution in [0, 0.1) is 11.5 Å². The van der Waals surface area contributed by atoms with Crippen LogP contribution in [0.15, 0.2) is 29.3 Å². The molecule has 0 radical (unpaired) electrons. The number of benzene rings is 1. The number of amidine groups is 1. The van der Waals surface area contributed by atoms with Crippen molar-refractivity contribution in [2.45, 2.75) is 19.4 Å². The fourth-order valence-corrected chi connectivity index (χ4v) is 2.45. The molecule has 0 spiro atoms. The van der Waals surface area contributed by atoms with Gasteiger partial charge in [-0.1, -0.05) is 30.0 Å². The first kappa shape index (κ1) is 14.4. The highest BCUT2D eigenvalue weighted by Gasteiger charge is 2.20. The van der Waals surface area contributed by atoms with Gasteiger partial charge < -0.3 is 4.90 Å². The van der Waals surface area contributed by atoms with Gasteiger partial charge in [-0.2, -0.15) is 5.26 Å². The molecule has 1 heterocycles. The monoisotopic (exact) mass is 288 g/mol. The second-order valence-electron chi connectivity index (χ2n) is 4.41. The Morgan fingerprint density at radius 1 is 1.55 bits per heavy atom. The van der Waals surface area contributed by atoms with E-state index in [2.05, 4.69) is 10.3 Å². The first-order valence-corrected chi connectivity index (χ1v) is 7.60. The van der Waals surface area contributed by atoms with E-state index in [1.54, 1.807) is 0 Å². The average molecular weight is 288 g/mol. The molecule has 6 heteroatoms. The fraction of sp³-hybridized carbons (Fsp3) is 0.357. The van der Waals surface area contributed by atoms with E-state index >= 15 is 0 Å². The maximum atomic E-state index is 11.7. The molecule has 1 aliphatic rings. The van der Waals surface area contributed by atoms with Crippen LogP contribution in [0.4, 0.5) is 5.69 Å². The van der Waals surface area contributed by atoms with Crippen LogP contribution in [-0.2, 0) is 11.3 Å². The van der Waals surface area contributed by atoms with Crippen LogP contribution in [0.2, 0.25) is 0 Å². The summed E-state index contributed by atoms with van der Waals surface area (Å²) in [5.41, 5.74) is 1.79. The summed E-state index contributed by atoms with van der Waals surface area (Å²) in [4.78, 5) is 18.0. The molecule has 1 amide bonds. The highest BCUT2D eigenvalue weighted by atomic mass is 32.2. The Kier molecular flexibility index (Phi) is 5.02. The number of amides is 1. The van der Waals surface area contributed by atoms with Crippen LogP contribution in [0.5, 0.6) is 0 Å². The van der Waals surface area contributed by atoms with Crippen LogP contribution in [0.25, 0.3) is 0 Å². The van der Waals surface area contributed by atoms with Crippen molar-refractivity contribution in [3.8, 4) is 6.19 Å². The highest BCUT2D eigenvalue weighted by molar-refractivity contribution is 8.13. The number of hydrogen-bond acceptors (Lipinski definition) is 4. The fourth-order valence-electron chi connectivity index (χ4n) is 2.11. The maximum Gasteiger partial charge on any atom is 0.222 e. The first-order chi connectivity index (χ1) is 9.74. The maximum absolute atomic E-state index is 11.7. The molecule has 1 aromatic rings. The van der Waals surface area contributed by atoms with Gasteiger partial charge in [-0.25, -0.2) is 4.99 Å². The number of nitrogens with one attached hydrogen (secondary N) is 1. The molecular weight excluding hydrogens is 272 g/mol. The molecule has 2 rings (SSSR count). The molecule has 0 aliphatic carbocycles. The number of aliphatic imine (C=N–C) groups is 1. The van der Waals surface area contributed by atoms with Crippen LogP contribution in [0.1, 0.15) is 18.4 Å². The molecule has 1 saturated heterocycles. The molecule has 0 unspecified atom stereocenters. The van der Waals surface area contributed by atoms with Crippen molar-refractivity contribution in [2.24, 2.45) is 4.99 Å². The van der Waals surface area contributed by atoms with Crippen LogP contribution in [0.3, 0.4) is 0 Å². The molecule has 0 bridgehead atoms. The van der Waals surface area contributed by atoms with Crippen LogP contribution in [-0.4, -0.2) is 28.8 Å². The van der Waals surface area contributed by atoms with Gasteiger partial charge in [-0.15, -0.1) is 0 Å². The molecular formula is C14H16N4OS. The van der Waals surface area contributed by atoms with E-state index in [0.717, 1.165) is 24.2 Å². The SMILES string of the molecule is CSC(=Nc1ccccc1CN1CCCC1=O)NC#N. The third kappa shape index (κ3) is 3.52. The minimum absolute atomic E-state index is 0.198. The third-order valence-corrected chi connectivity index (χ3v) is 3.68. The lowest BCUT2D eigenvalue weighted by molar-refractivity contribution is -0.128. The number of carbonyl (C=O) groups excluding carboxylic acids is 1. The quantitative estimate of drug-likeness (QED) is 0.401. The van der Waals surface area contributed by atoms with Gasteiger partial charge in [0.1, 0.15) is 0 Å². The lowest BCUT2D eigenvalue weighted by atomic mass is 10.1. The number of carbonyl (C=O) groups is 1. The van der Waals surface area contributed by atoms with Gasteiger partial charge >= 0.3 is 0 Å². The Hall–Kier alpha value is -2.00. The highest BCUT2D eigenvalue weighted by Crippen LogP contribution is 2.23. The number of rotatable bonds is 3. The van der Waals surface area contributed by atoms with Gasteiger partial charge in [0.05, 0.1) is 5.69 Å². The van der Waals surface area contributed by atoms with Gasteiger partial charge in [0.2, 0.25) is 5.91 Å². The molecule has 1 fully saturated rings. The molecule has 0 aromatic heterocycles. The largest absolute Gasteiger partial charge is 0.338 e. The Morgan fingerprint density at radius 2 is 2.35 bits per heavy atom. The summed E-state index contributed by atoms with van der Waals surface area (Å²) in [5, 5.41) is 11.8. The summed E-state index contributed by atoms with van der Waals surface area (Å²) in [5.74, 6) is 0.198. The second kappa shape index (κ2) is 6.96. The molecule has 1 aliphatic heterocycles. The molecule has 0 saturated carbocycles. The Bertz CT molecular complexity index is 565. The van der Waals surface area contributed by atoms with E-state index in [1.165, 1.54) is 11.8 Å². The number of likely N-dealkylation sites (tertiary alicyclic amines) is 1. The molecule has 20 heavy (non-hydrogen) atoms. The third-order valence-electron chi connectivity index (χ3n) is 3.10. The van der Waals surface area contributed by atoms with E-state index < -0.39 is 0 Å². The smallest absolute Gasteiger partial charge is 0.222 e. The zero-order valence-electron chi connectivity index (χ0n) is 11.3. The summed E-state index contributed by atoms with van der Waals surface area (Å²) < 4.78 is 0. The van der Waals surface area contributed by atoms with Gasteiger partial charge in [0, 0.05) is 19.5 Å². The second-order valence-corrected chi connectivity index (χ2v) is 5.20. The van der Waals surface area contributed by atoms with Crippen LogP contribution >= 0.6 is 11.8 Å². The molecule has 104 valence electrons.